The van der Waals surface area contributed by atoms with Gasteiger partial charge >= 0.3 is 0 Å². The van der Waals surface area contributed by atoms with E-state index in [2.05, 4.69) is 106 Å². The summed E-state index contributed by atoms with van der Waals surface area (Å²) in [5.74, 6) is 6.07. The highest BCUT2D eigenvalue weighted by Gasteiger charge is 2.58. The Balaban J connectivity index is 0.000000164. The van der Waals surface area contributed by atoms with E-state index in [9.17, 15) is 15.6 Å². The lowest BCUT2D eigenvalue weighted by Gasteiger charge is -2.60. The highest BCUT2D eigenvalue weighted by Crippen LogP contribution is 2.61. The zero-order valence-corrected chi connectivity index (χ0v) is 46.7. The van der Waals surface area contributed by atoms with Crippen LogP contribution in [-0.2, 0) is 30.4 Å². The fourth-order valence-electron chi connectivity index (χ4n) is 15.2. The fourth-order valence-corrected chi connectivity index (χ4v) is 15.2. The third-order valence-corrected chi connectivity index (χ3v) is 18.6. The van der Waals surface area contributed by atoms with Gasteiger partial charge in [0.1, 0.15) is 48.3 Å². The number of phenolic OH excluding ortho intramolecular Hbond substituents is 1. The molecule has 2 saturated heterocycles. The molecule has 15 heteroatoms. The van der Waals surface area contributed by atoms with Crippen LogP contribution in [0.2, 0.25) is 0 Å². The second kappa shape index (κ2) is 20.4. The first-order valence-electron chi connectivity index (χ1n) is 27.4. The molecule has 4 aromatic rings. The van der Waals surface area contributed by atoms with E-state index in [4.69, 9.17) is 37.9 Å². The van der Waals surface area contributed by atoms with Crippen LogP contribution in [0.5, 0.6) is 46.0 Å². The van der Waals surface area contributed by atoms with Crippen molar-refractivity contribution < 1.29 is 43.0 Å². The van der Waals surface area contributed by atoms with Crippen molar-refractivity contribution in [3.05, 3.63) is 115 Å². The molecular weight excluding hydrogens is 973 g/mol. The summed E-state index contributed by atoms with van der Waals surface area (Å²) in [4.78, 5) is 9.66. The van der Waals surface area contributed by atoms with Gasteiger partial charge < -0.3 is 43.0 Å². The van der Waals surface area contributed by atoms with Crippen LogP contribution in [0.3, 0.4) is 0 Å². The largest absolute Gasteiger partial charge is 0.507 e. The number of phenols is 1. The molecule has 0 radical (unpaired) electrons. The van der Waals surface area contributed by atoms with Crippen molar-refractivity contribution in [2.24, 2.45) is 0 Å². The lowest BCUT2D eigenvalue weighted by molar-refractivity contribution is -0.0744. The van der Waals surface area contributed by atoms with Gasteiger partial charge in [0.15, 0.2) is 29.8 Å². The van der Waals surface area contributed by atoms with Gasteiger partial charge in [0.05, 0.1) is 24.2 Å². The molecule has 0 saturated carbocycles. The van der Waals surface area contributed by atoms with Crippen molar-refractivity contribution in [2.75, 3.05) is 54.8 Å². The first-order valence-corrected chi connectivity index (χ1v) is 27.4. The Morgan fingerprint density at radius 3 is 1.48 bits per heavy atom. The standard InChI is InChI=1S/C32H39N3O5.C30H35N3O4/c1-8-10-37-29-19(5)31-32(40-16-39-31)27-21(29)13-24-28-26-20(11-17(3)18(4)30(26)38-15-36-7)12-23(34(28)6)25(14-33)35(24)22(27)9-2;1-7-9-35-28-17(5)29-30(37-14-36-29)25-19(28)12-22-26-24-18(10-15(3)16(4)27(24)34)11-21(32(26)6)23(13-31)33(22)20(25)8-2/h8,11,22-25,28H,1,9-10,12-13,15-16H2,2-7H3;7,10,20-23,26,34H,1,8-9,11-12,14H2,2-6H3/t22-,23-,24?,25-,28?;20-,21-,22?,23-,26?/m00/s1. The van der Waals surface area contributed by atoms with E-state index in [1.807, 2.05) is 20.8 Å². The number of nitriles is 2. The van der Waals surface area contributed by atoms with Gasteiger partial charge in [-0.3, -0.25) is 19.6 Å². The number of benzene rings is 4. The summed E-state index contributed by atoms with van der Waals surface area (Å²) in [6, 6.07) is 9.41. The van der Waals surface area contributed by atoms with Crippen LogP contribution in [0.4, 0.5) is 0 Å². The van der Waals surface area contributed by atoms with Crippen LogP contribution in [0.15, 0.2) is 37.4 Å². The van der Waals surface area contributed by atoms with Gasteiger partial charge in [-0.1, -0.05) is 51.3 Å². The molecule has 8 aliphatic rings. The van der Waals surface area contributed by atoms with Crippen LogP contribution in [-0.4, -0.2) is 116 Å². The number of methoxy groups -OCH3 is 1. The predicted octanol–water partition coefficient (Wildman–Crippen LogP) is 9.86. The van der Waals surface area contributed by atoms with Gasteiger partial charge in [0, 0.05) is 87.9 Å². The Hall–Kier alpha value is -6.46. The first kappa shape index (κ1) is 52.6. The maximum absolute atomic E-state index is 11.4. The predicted molar refractivity (Wildman–Crippen MR) is 292 cm³/mol. The van der Waals surface area contributed by atoms with Crippen molar-refractivity contribution in [1.29, 1.82) is 10.5 Å². The van der Waals surface area contributed by atoms with E-state index in [1.54, 1.807) is 19.3 Å². The summed E-state index contributed by atoms with van der Waals surface area (Å²) in [7, 11) is 5.94. The van der Waals surface area contributed by atoms with Crippen LogP contribution in [0.1, 0.15) is 129 Å². The summed E-state index contributed by atoms with van der Waals surface area (Å²) in [5.41, 5.74) is 15.4. The normalized spacial score (nSPS) is 27.0. The Kier molecular flexibility index (Phi) is 13.9. The molecule has 4 aromatic carbocycles. The van der Waals surface area contributed by atoms with Gasteiger partial charge in [-0.05, 0) is 128 Å². The van der Waals surface area contributed by atoms with Gasteiger partial charge in [-0.25, -0.2) is 0 Å². The quantitative estimate of drug-likeness (QED) is 0.112. The van der Waals surface area contributed by atoms with Crippen LogP contribution < -0.4 is 33.2 Å². The molecule has 77 heavy (non-hydrogen) atoms. The Morgan fingerprint density at radius 1 is 0.597 bits per heavy atom. The molecule has 0 spiro atoms. The molecule has 8 aliphatic heterocycles. The lowest BCUT2D eigenvalue weighted by Crippen LogP contribution is -2.68. The number of piperazine rings is 2. The number of aromatic hydroxyl groups is 1. The van der Waals surface area contributed by atoms with Crippen LogP contribution >= 0.6 is 0 Å². The van der Waals surface area contributed by atoms with Gasteiger partial charge in [-0.15, -0.1) is 0 Å². The molecule has 1 N–H and O–H groups in total. The summed E-state index contributed by atoms with van der Waals surface area (Å²) >= 11 is 0. The van der Waals surface area contributed by atoms with Gasteiger partial charge in [-0.2, -0.15) is 10.5 Å². The zero-order chi connectivity index (χ0) is 54.5. The molecule has 406 valence electrons. The second-order valence-corrected chi connectivity index (χ2v) is 22.2. The van der Waals surface area contributed by atoms with Crippen LogP contribution in [0, 0.1) is 64.2 Å². The van der Waals surface area contributed by atoms with Crippen LogP contribution in [0.25, 0.3) is 0 Å². The SMILES string of the molecule is C=CCOc1c(C)c2c(c3c1CC1C4c5c(cc(C)c(C)c5O)C[C@@H]([C@H](C#N)N1[C@H]3CC)N4C)OCO2.C=CCOc1c(C)c2c(c3c1CC1C4c5c(cc(C)c(C)c5OCOC)C[C@@H]([C@H](C#N)N1[C@H]3CC)N4C)OCO2. The summed E-state index contributed by atoms with van der Waals surface area (Å²) in [6.45, 7) is 25.8. The molecule has 4 bridgehead atoms. The molecule has 0 aliphatic carbocycles. The number of hydrogen-bond acceptors (Lipinski definition) is 15. The van der Waals surface area contributed by atoms with Crippen molar-refractivity contribution >= 4 is 0 Å². The monoisotopic (exact) mass is 1050 g/mol. The average Bonchev–Trinajstić information content (AvgIpc) is 4.20. The molecule has 10 atom stereocenters. The van der Waals surface area contributed by atoms with E-state index >= 15 is 0 Å². The minimum absolute atomic E-state index is 0.0127. The highest BCUT2D eigenvalue weighted by atomic mass is 16.7. The van der Waals surface area contributed by atoms with E-state index < -0.39 is 0 Å². The highest BCUT2D eigenvalue weighted by molar-refractivity contribution is 5.68. The zero-order valence-electron chi connectivity index (χ0n) is 46.7. The van der Waals surface area contributed by atoms with E-state index in [0.717, 1.165) is 127 Å². The van der Waals surface area contributed by atoms with Gasteiger partial charge in [0.25, 0.3) is 0 Å². The minimum atomic E-state index is -0.293. The number of fused-ring (bicyclic) bond motifs is 18. The fraction of sp³-hybridized carbons (Fsp3) is 0.516. The molecule has 0 amide bonds. The van der Waals surface area contributed by atoms with Crippen molar-refractivity contribution in [2.45, 2.75) is 154 Å². The number of likely N-dealkylation sites (N-methyl/N-ethyl adjacent to an activating group) is 2. The summed E-state index contributed by atoms with van der Waals surface area (Å²) in [5, 5.41) is 32.7. The maximum Gasteiger partial charge on any atom is 0.231 e. The Labute approximate surface area is 454 Å². The number of nitrogens with zero attached hydrogens (tertiary/aromatic N) is 6. The molecule has 0 aromatic heterocycles. The summed E-state index contributed by atoms with van der Waals surface area (Å²) < 4.78 is 48.4. The maximum atomic E-state index is 11.4. The molecule has 2 fully saturated rings. The number of rotatable bonds is 11. The number of hydrogen-bond donors (Lipinski definition) is 1. The van der Waals surface area contributed by atoms with E-state index in [0.29, 0.717) is 31.8 Å². The second-order valence-electron chi connectivity index (χ2n) is 22.2. The van der Waals surface area contributed by atoms with Crippen molar-refractivity contribution in [3.63, 3.8) is 0 Å². The van der Waals surface area contributed by atoms with Gasteiger partial charge in [0.2, 0.25) is 13.6 Å². The molecule has 4 unspecified atom stereocenters. The average molecular weight is 1050 g/mol. The summed E-state index contributed by atoms with van der Waals surface area (Å²) in [6.07, 6.45) is 8.10. The third kappa shape index (κ3) is 7.81. The van der Waals surface area contributed by atoms with Crippen molar-refractivity contribution in [1.82, 2.24) is 19.6 Å². The third-order valence-electron chi connectivity index (χ3n) is 18.6. The number of aryl methyl sites for hydroxylation is 2. The topological polar surface area (TPSA) is 155 Å². The van der Waals surface area contributed by atoms with Crippen molar-refractivity contribution in [3.8, 4) is 58.1 Å². The lowest BCUT2D eigenvalue weighted by atomic mass is 9.71. The number of ether oxygens (including phenoxy) is 8. The molecule has 15 nitrogen and oxygen atoms in total. The first-order chi connectivity index (χ1) is 37.2. The molecule has 8 heterocycles. The van der Waals surface area contributed by atoms with E-state index in [1.165, 1.54) is 16.7 Å². The Morgan fingerprint density at radius 2 is 1.04 bits per heavy atom. The Bertz CT molecular complexity index is 3160. The smallest absolute Gasteiger partial charge is 0.231 e. The van der Waals surface area contributed by atoms with E-state index in [-0.39, 0.29) is 80.8 Å². The molecule has 12 rings (SSSR count). The minimum Gasteiger partial charge on any atom is -0.507 e. The molecular formula is C62H74N6O9.